The van der Waals surface area contributed by atoms with Crippen molar-refractivity contribution in [3.05, 3.63) is 28.8 Å². The van der Waals surface area contributed by atoms with Crippen molar-refractivity contribution < 1.29 is 18.3 Å². The van der Waals surface area contributed by atoms with E-state index in [1.807, 2.05) is 6.07 Å². The highest BCUT2D eigenvalue weighted by molar-refractivity contribution is 7.89. The Bertz CT molecular complexity index is 637. The number of carbonyl (C=O) groups is 1. The second kappa shape index (κ2) is 6.02. The summed E-state index contributed by atoms with van der Waals surface area (Å²) in [4.78, 5) is 10.4. The summed E-state index contributed by atoms with van der Waals surface area (Å²) in [7, 11) is -3.86. The lowest BCUT2D eigenvalue weighted by atomic mass is 10.2. The summed E-state index contributed by atoms with van der Waals surface area (Å²) in [6, 6.07) is 4.74. The van der Waals surface area contributed by atoms with Gasteiger partial charge >= 0.3 is 5.97 Å². The Kier molecular flexibility index (Phi) is 4.89. The minimum Gasteiger partial charge on any atom is -0.481 e. The van der Waals surface area contributed by atoms with Crippen LogP contribution in [0.2, 0.25) is 5.02 Å². The Morgan fingerprint density at radius 1 is 1.58 bits per heavy atom. The lowest BCUT2D eigenvalue weighted by molar-refractivity contribution is -0.137. The van der Waals surface area contributed by atoms with E-state index in [1.54, 1.807) is 0 Å². The van der Waals surface area contributed by atoms with Crippen molar-refractivity contribution in [1.29, 1.82) is 5.26 Å². The fourth-order valence-electron chi connectivity index (χ4n) is 1.39. The number of sulfonamides is 1. The Hall–Kier alpha value is -1.62. The number of rotatable bonds is 5. The number of nitrogens with zero attached hydrogens (tertiary/aromatic N) is 1. The summed E-state index contributed by atoms with van der Waals surface area (Å²) in [6.07, 6.45) is -0.330. The van der Waals surface area contributed by atoms with Gasteiger partial charge in [-0.3, -0.25) is 4.79 Å². The standard InChI is InChI=1S/C11H11ClN2O4S/c1-7(4-11(15)16)14-19(17,18)9-3-2-8(6-13)10(12)5-9/h2-3,5,7,14H,4H2,1H3,(H,15,16). The molecule has 1 aromatic carbocycles. The third-order valence-electron chi connectivity index (χ3n) is 2.21. The molecule has 0 aliphatic carbocycles. The molecular weight excluding hydrogens is 292 g/mol. The first-order valence-corrected chi connectivity index (χ1v) is 7.06. The number of benzene rings is 1. The molecule has 0 radical (unpaired) electrons. The number of carboxylic acids is 1. The molecule has 0 bridgehead atoms. The van der Waals surface area contributed by atoms with Gasteiger partial charge in [0.05, 0.1) is 21.9 Å². The number of nitrogens with one attached hydrogen (secondary N) is 1. The summed E-state index contributed by atoms with van der Waals surface area (Å²) < 4.78 is 26.1. The maximum Gasteiger partial charge on any atom is 0.304 e. The van der Waals surface area contributed by atoms with E-state index in [0.717, 1.165) is 6.07 Å². The minimum absolute atomic E-state index is 0.0243. The number of hydrogen-bond acceptors (Lipinski definition) is 4. The smallest absolute Gasteiger partial charge is 0.304 e. The third kappa shape index (κ3) is 4.21. The average molecular weight is 303 g/mol. The van der Waals surface area contributed by atoms with E-state index < -0.39 is 22.0 Å². The lowest BCUT2D eigenvalue weighted by Crippen LogP contribution is -2.34. The van der Waals surface area contributed by atoms with E-state index in [0.29, 0.717) is 0 Å². The normalized spacial score (nSPS) is 12.7. The molecule has 0 fully saturated rings. The van der Waals surface area contributed by atoms with Crippen molar-refractivity contribution in [2.24, 2.45) is 0 Å². The average Bonchev–Trinajstić information content (AvgIpc) is 2.26. The number of halogens is 1. The molecular formula is C11H11ClN2O4S. The van der Waals surface area contributed by atoms with Crippen LogP contribution in [0.5, 0.6) is 0 Å². The van der Waals surface area contributed by atoms with E-state index in [2.05, 4.69) is 4.72 Å². The van der Waals surface area contributed by atoms with Crippen LogP contribution >= 0.6 is 11.6 Å². The zero-order valence-corrected chi connectivity index (χ0v) is 11.5. The largest absolute Gasteiger partial charge is 0.481 e. The fourth-order valence-corrected chi connectivity index (χ4v) is 2.95. The highest BCUT2D eigenvalue weighted by atomic mass is 35.5. The summed E-state index contributed by atoms with van der Waals surface area (Å²) in [5.74, 6) is -1.10. The third-order valence-corrected chi connectivity index (χ3v) is 4.11. The van der Waals surface area contributed by atoms with Gasteiger partial charge < -0.3 is 5.11 Å². The van der Waals surface area contributed by atoms with Crippen molar-refractivity contribution in [3.63, 3.8) is 0 Å². The molecule has 102 valence electrons. The molecule has 1 rings (SSSR count). The van der Waals surface area contributed by atoms with Crippen LogP contribution in [0.25, 0.3) is 0 Å². The first-order valence-electron chi connectivity index (χ1n) is 5.20. The molecule has 0 aromatic heterocycles. The molecule has 1 unspecified atom stereocenters. The topological polar surface area (TPSA) is 107 Å². The zero-order valence-electron chi connectivity index (χ0n) is 9.92. The van der Waals surface area contributed by atoms with Crippen LogP contribution in [0.1, 0.15) is 18.9 Å². The molecule has 8 heteroatoms. The van der Waals surface area contributed by atoms with E-state index in [1.165, 1.54) is 19.1 Å². The Balaban J connectivity index is 2.98. The van der Waals surface area contributed by atoms with Crippen molar-refractivity contribution in [2.45, 2.75) is 24.3 Å². The van der Waals surface area contributed by atoms with Crippen molar-refractivity contribution in [3.8, 4) is 6.07 Å². The molecule has 0 saturated heterocycles. The fraction of sp³-hybridized carbons (Fsp3) is 0.273. The molecule has 6 nitrogen and oxygen atoms in total. The van der Waals surface area contributed by atoms with Crippen LogP contribution in [-0.2, 0) is 14.8 Å². The molecule has 0 spiro atoms. The van der Waals surface area contributed by atoms with Crippen LogP contribution in [0.4, 0.5) is 0 Å². The van der Waals surface area contributed by atoms with Crippen LogP contribution in [0, 0.1) is 11.3 Å². The molecule has 2 N–H and O–H groups in total. The van der Waals surface area contributed by atoms with Gasteiger partial charge in [-0.15, -0.1) is 0 Å². The van der Waals surface area contributed by atoms with Crippen LogP contribution < -0.4 is 4.72 Å². The Morgan fingerprint density at radius 2 is 2.21 bits per heavy atom. The monoisotopic (exact) mass is 302 g/mol. The van der Waals surface area contributed by atoms with Gasteiger partial charge in [-0.05, 0) is 25.1 Å². The SMILES string of the molecule is CC(CC(=O)O)NS(=O)(=O)c1ccc(C#N)c(Cl)c1. The summed E-state index contributed by atoms with van der Waals surface area (Å²) in [5, 5.41) is 17.3. The van der Waals surface area contributed by atoms with E-state index in [9.17, 15) is 13.2 Å². The molecule has 1 aromatic rings. The predicted octanol–water partition coefficient (Wildman–Crippen LogP) is 1.35. The van der Waals surface area contributed by atoms with E-state index >= 15 is 0 Å². The Labute approximate surface area is 115 Å². The number of aliphatic carboxylic acids is 1. The van der Waals surface area contributed by atoms with Gasteiger partial charge in [0.1, 0.15) is 6.07 Å². The van der Waals surface area contributed by atoms with Gasteiger partial charge in [0.25, 0.3) is 0 Å². The molecule has 0 saturated carbocycles. The number of carboxylic acid groups (broad SMARTS) is 1. The molecule has 0 heterocycles. The highest BCUT2D eigenvalue weighted by Gasteiger charge is 2.19. The first kappa shape index (κ1) is 15.4. The minimum atomic E-state index is -3.86. The summed E-state index contributed by atoms with van der Waals surface area (Å²) >= 11 is 5.75. The molecule has 19 heavy (non-hydrogen) atoms. The first-order chi connectivity index (χ1) is 8.76. The van der Waals surface area contributed by atoms with Gasteiger partial charge in [0.2, 0.25) is 10.0 Å². The van der Waals surface area contributed by atoms with Crippen molar-refractivity contribution >= 4 is 27.6 Å². The second-order valence-corrected chi connectivity index (χ2v) is 5.99. The van der Waals surface area contributed by atoms with Crippen LogP contribution in [0.3, 0.4) is 0 Å². The number of hydrogen-bond donors (Lipinski definition) is 2. The summed E-state index contributed by atoms with van der Waals surface area (Å²) in [5.41, 5.74) is 0.166. The molecule has 0 aliphatic rings. The molecule has 1 atom stereocenters. The maximum absolute atomic E-state index is 11.9. The maximum atomic E-state index is 11.9. The van der Waals surface area contributed by atoms with E-state index in [-0.39, 0.29) is 21.9 Å². The second-order valence-electron chi connectivity index (χ2n) is 3.87. The van der Waals surface area contributed by atoms with Gasteiger partial charge in [0.15, 0.2) is 0 Å². The van der Waals surface area contributed by atoms with Gasteiger partial charge in [0, 0.05) is 6.04 Å². The van der Waals surface area contributed by atoms with Crippen LogP contribution in [-0.4, -0.2) is 25.5 Å². The van der Waals surface area contributed by atoms with Crippen molar-refractivity contribution in [2.75, 3.05) is 0 Å². The summed E-state index contributed by atoms with van der Waals surface area (Å²) in [6.45, 7) is 1.44. The molecule has 0 aliphatic heterocycles. The van der Waals surface area contributed by atoms with Gasteiger partial charge in [-0.25, -0.2) is 13.1 Å². The van der Waals surface area contributed by atoms with Gasteiger partial charge in [-0.2, -0.15) is 5.26 Å². The van der Waals surface area contributed by atoms with Crippen LogP contribution in [0.15, 0.2) is 23.1 Å². The van der Waals surface area contributed by atoms with Crippen molar-refractivity contribution in [1.82, 2.24) is 4.72 Å². The number of nitriles is 1. The Morgan fingerprint density at radius 3 is 2.68 bits per heavy atom. The zero-order chi connectivity index (χ0) is 14.6. The highest BCUT2D eigenvalue weighted by Crippen LogP contribution is 2.20. The lowest BCUT2D eigenvalue weighted by Gasteiger charge is -2.12. The molecule has 0 amide bonds. The quantitative estimate of drug-likeness (QED) is 0.853. The van der Waals surface area contributed by atoms with Gasteiger partial charge in [-0.1, -0.05) is 11.6 Å². The predicted molar refractivity (Wildman–Crippen MR) is 68.2 cm³/mol. The van der Waals surface area contributed by atoms with E-state index in [4.69, 9.17) is 22.0 Å².